The summed E-state index contributed by atoms with van der Waals surface area (Å²) in [5.74, 6) is 1.69. The normalized spacial score (nSPS) is 9.38. The van der Waals surface area contributed by atoms with Crippen LogP contribution >= 0.6 is 0 Å². The molecule has 4 nitrogen and oxygen atoms in total. The molecule has 3 aromatic carbocycles. The van der Waals surface area contributed by atoms with Crippen molar-refractivity contribution in [1.29, 1.82) is 0 Å². The summed E-state index contributed by atoms with van der Waals surface area (Å²) in [5.41, 5.74) is 6.14. The van der Waals surface area contributed by atoms with E-state index in [1.165, 1.54) is 47.4 Å². The third kappa shape index (κ3) is 16.5. The minimum absolute atomic E-state index is 0.160. The van der Waals surface area contributed by atoms with E-state index in [-0.39, 0.29) is 5.82 Å². The Bertz CT molecular complexity index is 1190. The van der Waals surface area contributed by atoms with Crippen molar-refractivity contribution in [3.63, 3.8) is 0 Å². The number of rotatable bonds is 8. The quantitative estimate of drug-likeness (QED) is 0.228. The summed E-state index contributed by atoms with van der Waals surface area (Å²) in [6.07, 6.45) is 5.75. The molecule has 0 aliphatic carbocycles. The molecule has 0 bridgehead atoms. The zero-order valence-corrected chi connectivity index (χ0v) is 27.7. The molecule has 1 heterocycles. The average molecular weight is 575 g/mol. The van der Waals surface area contributed by atoms with Gasteiger partial charge in [-0.1, -0.05) is 102 Å². The molecule has 0 saturated heterocycles. The molecular formula is C37H55FN4. The van der Waals surface area contributed by atoms with Crippen LogP contribution in [0.2, 0.25) is 0 Å². The predicted octanol–water partition coefficient (Wildman–Crippen LogP) is 10.2. The first-order valence-electron chi connectivity index (χ1n) is 15.4. The van der Waals surface area contributed by atoms with E-state index in [9.17, 15) is 4.39 Å². The minimum atomic E-state index is -0.160. The number of hydrogen-bond donors (Lipinski definition) is 1. The Hall–Kier alpha value is -3.73. The van der Waals surface area contributed by atoms with Crippen molar-refractivity contribution < 1.29 is 4.39 Å². The van der Waals surface area contributed by atoms with Crippen LogP contribution in [0, 0.1) is 26.6 Å². The van der Waals surface area contributed by atoms with Crippen LogP contribution < -0.4 is 5.32 Å². The summed E-state index contributed by atoms with van der Waals surface area (Å²) >= 11 is 0. The maximum atomic E-state index is 12.2. The fourth-order valence-electron chi connectivity index (χ4n) is 3.77. The lowest BCUT2D eigenvalue weighted by molar-refractivity contribution is 0.627. The Morgan fingerprint density at radius 1 is 0.762 bits per heavy atom. The summed E-state index contributed by atoms with van der Waals surface area (Å²) < 4.78 is 14.3. The van der Waals surface area contributed by atoms with Gasteiger partial charge in [0.1, 0.15) is 17.5 Å². The fourth-order valence-corrected chi connectivity index (χ4v) is 3.77. The summed E-state index contributed by atoms with van der Waals surface area (Å²) in [5, 5.41) is 11.3. The van der Waals surface area contributed by atoms with E-state index in [0.717, 1.165) is 43.1 Å². The van der Waals surface area contributed by atoms with Crippen molar-refractivity contribution in [1.82, 2.24) is 20.1 Å². The van der Waals surface area contributed by atoms with Gasteiger partial charge in [0, 0.05) is 17.9 Å². The first-order chi connectivity index (χ1) is 20.2. The van der Waals surface area contributed by atoms with E-state index >= 15 is 0 Å². The van der Waals surface area contributed by atoms with E-state index in [1.54, 1.807) is 12.1 Å². The average Bonchev–Trinajstić information content (AvgIpc) is 3.36. The van der Waals surface area contributed by atoms with Gasteiger partial charge in [-0.3, -0.25) is 4.57 Å². The molecule has 0 aliphatic rings. The Kier molecular flexibility index (Phi) is 21.8. The summed E-state index contributed by atoms with van der Waals surface area (Å²) in [6.45, 7) is 23.4. The van der Waals surface area contributed by atoms with Gasteiger partial charge in [-0.25, -0.2) is 4.39 Å². The second-order valence-corrected chi connectivity index (χ2v) is 9.53. The van der Waals surface area contributed by atoms with Gasteiger partial charge in [0.25, 0.3) is 0 Å². The first-order valence-corrected chi connectivity index (χ1v) is 15.4. The molecule has 0 unspecified atom stereocenters. The van der Waals surface area contributed by atoms with Crippen LogP contribution in [-0.2, 0) is 12.8 Å². The number of halogens is 1. The lowest BCUT2D eigenvalue weighted by Crippen LogP contribution is -2.10. The van der Waals surface area contributed by atoms with Gasteiger partial charge in [-0.2, -0.15) is 0 Å². The molecule has 4 rings (SSSR count). The molecule has 42 heavy (non-hydrogen) atoms. The summed E-state index contributed by atoms with van der Waals surface area (Å²) in [4.78, 5) is 0. The van der Waals surface area contributed by atoms with Gasteiger partial charge < -0.3 is 5.32 Å². The van der Waals surface area contributed by atoms with E-state index in [1.807, 2.05) is 51.3 Å². The highest BCUT2D eigenvalue weighted by Crippen LogP contribution is 2.13. The molecule has 5 heteroatoms. The van der Waals surface area contributed by atoms with Crippen molar-refractivity contribution in [3.05, 3.63) is 125 Å². The number of allylic oxidation sites excluding steroid dienone is 1. The highest BCUT2D eigenvalue weighted by molar-refractivity contribution is 5.37. The van der Waals surface area contributed by atoms with Crippen LogP contribution in [0.5, 0.6) is 0 Å². The summed E-state index contributed by atoms with van der Waals surface area (Å²) in [6, 6.07) is 25.3. The topological polar surface area (TPSA) is 42.7 Å². The van der Waals surface area contributed by atoms with Crippen molar-refractivity contribution in [2.45, 2.75) is 94.4 Å². The number of aromatic nitrogens is 3. The van der Waals surface area contributed by atoms with Crippen molar-refractivity contribution in [3.8, 4) is 5.69 Å². The molecule has 0 amide bonds. The van der Waals surface area contributed by atoms with Gasteiger partial charge in [-0.05, 0) is 94.3 Å². The van der Waals surface area contributed by atoms with E-state index in [0.29, 0.717) is 0 Å². The number of hydrogen-bond acceptors (Lipinski definition) is 3. The molecule has 1 aromatic heterocycles. The molecule has 4 aromatic rings. The Morgan fingerprint density at radius 2 is 1.31 bits per heavy atom. The second-order valence-electron chi connectivity index (χ2n) is 9.53. The van der Waals surface area contributed by atoms with E-state index in [2.05, 4.69) is 92.3 Å². The van der Waals surface area contributed by atoms with Crippen molar-refractivity contribution >= 4 is 0 Å². The van der Waals surface area contributed by atoms with Crippen LogP contribution in [0.1, 0.15) is 89.1 Å². The van der Waals surface area contributed by atoms with Gasteiger partial charge in [0.15, 0.2) is 0 Å². The zero-order valence-electron chi connectivity index (χ0n) is 27.7. The van der Waals surface area contributed by atoms with Gasteiger partial charge in [-0.15, -0.1) is 10.2 Å². The smallest absolute Gasteiger partial charge is 0.134 e. The van der Waals surface area contributed by atoms with Crippen LogP contribution in [-0.4, -0.2) is 21.3 Å². The van der Waals surface area contributed by atoms with Gasteiger partial charge >= 0.3 is 0 Å². The minimum Gasteiger partial charge on any atom is -0.389 e. The fraction of sp³-hybridized carbons (Fsp3) is 0.405. The molecule has 0 atom stereocenters. The largest absolute Gasteiger partial charge is 0.389 e. The number of nitrogens with one attached hydrogen (secondary N) is 1. The van der Waals surface area contributed by atoms with Crippen LogP contribution in [0.25, 0.3) is 5.69 Å². The molecule has 1 N–H and O–H groups in total. The maximum absolute atomic E-state index is 12.2. The molecule has 0 saturated carbocycles. The number of aryl methyl sites for hydroxylation is 5. The highest BCUT2D eigenvalue weighted by atomic mass is 19.1. The molecule has 0 radical (unpaired) electrons. The van der Waals surface area contributed by atoms with Gasteiger partial charge in [0.2, 0.25) is 0 Å². The highest BCUT2D eigenvalue weighted by Gasteiger charge is 2.05. The third-order valence-electron chi connectivity index (χ3n) is 6.08. The SMILES string of the molecule is C=C(CCCC)NCC.CC.CCc1ccc(F)cc1.CCc1ccccc1.Cc1cccc(-n2c(C)nnc2C)c1. The Morgan fingerprint density at radius 3 is 1.76 bits per heavy atom. The Labute approximate surface area is 256 Å². The van der Waals surface area contributed by atoms with Crippen LogP contribution in [0.4, 0.5) is 4.39 Å². The van der Waals surface area contributed by atoms with Crippen LogP contribution in [0.15, 0.2) is 91.1 Å². The van der Waals surface area contributed by atoms with Crippen molar-refractivity contribution in [2.75, 3.05) is 6.54 Å². The van der Waals surface area contributed by atoms with E-state index < -0.39 is 0 Å². The van der Waals surface area contributed by atoms with Gasteiger partial charge in [0.05, 0.1) is 0 Å². The maximum Gasteiger partial charge on any atom is 0.134 e. The number of benzene rings is 3. The van der Waals surface area contributed by atoms with Crippen molar-refractivity contribution in [2.24, 2.45) is 0 Å². The predicted molar refractivity (Wildman–Crippen MR) is 181 cm³/mol. The molecule has 0 spiro atoms. The molecule has 0 fully saturated rings. The van der Waals surface area contributed by atoms with E-state index in [4.69, 9.17) is 0 Å². The summed E-state index contributed by atoms with van der Waals surface area (Å²) in [7, 11) is 0. The molecule has 0 aliphatic heterocycles. The lowest BCUT2D eigenvalue weighted by Gasteiger charge is -2.06. The molecule has 230 valence electrons. The number of nitrogens with zero attached hydrogens (tertiary/aromatic N) is 3. The molecular weight excluding hydrogens is 519 g/mol. The zero-order chi connectivity index (χ0) is 31.8. The Balaban J connectivity index is 0.000000538. The lowest BCUT2D eigenvalue weighted by atomic mass is 10.2. The second kappa shape index (κ2) is 23.9. The first kappa shape index (κ1) is 38.3. The number of unbranched alkanes of at least 4 members (excludes halogenated alkanes) is 1. The monoisotopic (exact) mass is 574 g/mol. The standard InChI is InChI=1S/C11H13N3.C8H9F.C8H17N.C8H10.C2H6/c1-8-5-4-6-11(7-8)14-9(2)12-13-10(14)3;1-2-7-3-5-8(9)6-4-7;1-4-6-7-8(3)9-5-2;1-2-8-6-4-3-5-7-8;1-2/h4-7H,1-3H3;3-6H,2H2,1H3;9H,3-7H2,1-2H3;3-7H,2H2,1H3;1-2H3. The third-order valence-corrected chi connectivity index (χ3v) is 6.08. The van der Waals surface area contributed by atoms with Crippen LogP contribution in [0.3, 0.4) is 0 Å².